The molecule has 8 nitrogen and oxygen atoms in total. The number of nitrogens with one attached hydrogen (secondary N) is 1. The highest BCUT2D eigenvalue weighted by Gasteiger charge is 2.58. The maximum Gasteiger partial charge on any atom is 0.426 e. The third-order valence-electron chi connectivity index (χ3n) is 5.69. The molecule has 4 bridgehead atoms. The van der Waals surface area contributed by atoms with Gasteiger partial charge in [-0.25, -0.2) is 4.98 Å². The number of halogens is 7. The van der Waals surface area contributed by atoms with E-state index in [0.717, 1.165) is 0 Å². The first kappa shape index (κ1) is 27.5. The Morgan fingerprint density at radius 2 is 1.83 bits per heavy atom. The SMILES string of the molecule is Cl.Nc1cc(C(F)(F)F)c2nc1-c1nnc(o1)[C@@](O)(C(F)(F)F)CCCCCC(c1ccccn1)N2. The smallest absolute Gasteiger partial charge is 0.416 e. The normalized spacial score (nSPS) is 21.1. The number of anilines is 2. The fourth-order valence-electron chi connectivity index (χ4n) is 3.83. The Kier molecular flexibility index (Phi) is 7.69. The molecule has 0 radical (unpaired) electrons. The zero-order valence-corrected chi connectivity index (χ0v) is 19.2. The van der Waals surface area contributed by atoms with Gasteiger partial charge in [0.2, 0.25) is 5.60 Å². The van der Waals surface area contributed by atoms with Gasteiger partial charge in [0.25, 0.3) is 11.8 Å². The largest absolute Gasteiger partial charge is 0.426 e. The second kappa shape index (κ2) is 10.1. The standard InChI is InChI=1S/C21H20F6N6O2.ClH/c22-20(23,24)11-10-12(28)15-17-32-33-18(35-17)19(34,21(25,26)27)8-4-1-2-7-14(30-16(11)31-15)13-6-3-5-9-29-13;/h3,5-6,9-10,14,34H,1-2,4,7-8,28H2,(H,30,31);1H/t14?,19-;/m1./s1. The van der Waals surface area contributed by atoms with Gasteiger partial charge in [-0.15, -0.1) is 22.6 Å². The molecule has 3 aromatic heterocycles. The average Bonchev–Trinajstić information content (AvgIpc) is 3.27. The number of pyridine rings is 2. The van der Waals surface area contributed by atoms with Gasteiger partial charge in [-0.05, 0) is 37.5 Å². The van der Waals surface area contributed by atoms with Crippen LogP contribution >= 0.6 is 12.4 Å². The Labute approximate surface area is 206 Å². The van der Waals surface area contributed by atoms with Gasteiger partial charge < -0.3 is 20.6 Å². The second-order valence-corrected chi connectivity index (χ2v) is 8.14. The molecule has 0 amide bonds. The Balaban J connectivity index is 0.00000361. The topological polar surface area (TPSA) is 123 Å². The molecule has 0 saturated carbocycles. The third-order valence-corrected chi connectivity index (χ3v) is 5.69. The van der Waals surface area contributed by atoms with Crippen LogP contribution in [0.25, 0.3) is 11.6 Å². The van der Waals surface area contributed by atoms with Gasteiger partial charge in [0.1, 0.15) is 5.82 Å². The van der Waals surface area contributed by atoms with Crippen molar-refractivity contribution in [2.24, 2.45) is 0 Å². The first-order chi connectivity index (χ1) is 16.4. The summed E-state index contributed by atoms with van der Waals surface area (Å²) in [6, 6.07) is 4.75. The van der Waals surface area contributed by atoms with E-state index in [4.69, 9.17) is 10.2 Å². The Bertz CT molecular complexity index is 1190. The van der Waals surface area contributed by atoms with Crippen LogP contribution in [0.4, 0.5) is 37.8 Å². The van der Waals surface area contributed by atoms with E-state index in [1.165, 1.54) is 6.20 Å². The van der Waals surface area contributed by atoms with Crippen LogP contribution in [-0.2, 0) is 11.8 Å². The molecule has 1 aliphatic heterocycles. The molecule has 0 fully saturated rings. The van der Waals surface area contributed by atoms with Crippen molar-refractivity contribution in [2.75, 3.05) is 11.1 Å². The molecule has 196 valence electrons. The van der Waals surface area contributed by atoms with E-state index >= 15 is 0 Å². The summed E-state index contributed by atoms with van der Waals surface area (Å²) >= 11 is 0. The van der Waals surface area contributed by atoms with Gasteiger partial charge in [-0.2, -0.15) is 26.3 Å². The molecular weight excluding hydrogens is 518 g/mol. The quantitative estimate of drug-likeness (QED) is 0.351. The summed E-state index contributed by atoms with van der Waals surface area (Å²) in [7, 11) is 0. The van der Waals surface area contributed by atoms with Gasteiger partial charge in [0.05, 0.1) is 23.0 Å². The van der Waals surface area contributed by atoms with E-state index in [9.17, 15) is 31.4 Å². The van der Waals surface area contributed by atoms with Crippen LogP contribution in [0.3, 0.4) is 0 Å². The number of nitrogens with two attached hydrogens (primary N) is 1. The van der Waals surface area contributed by atoms with Crippen molar-refractivity contribution in [3.05, 3.63) is 47.6 Å². The summed E-state index contributed by atoms with van der Waals surface area (Å²) in [5, 5.41) is 20.0. The van der Waals surface area contributed by atoms with Crippen molar-refractivity contribution in [1.29, 1.82) is 0 Å². The summed E-state index contributed by atoms with van der Waals surface area (Å²) in [5.41, 5.74) is 0.543. The van der Waals surface area contributed by atoms with E-state index < -0.39 is 65.0 Å². The lowest BCUT2D eigenvalue weighted by Crippen LogP contribution is -2.42. The number of alkyl halides is 6. The summed E-state index contributed by atoms with van der Waals surface area (Å²) in [4.78, 5) is 8.11. The maximum atomic E-state index is 13.8. The summed E-state index contributed by atoms with van der Waals surface area (Å²) in [6.07, 6.45) is -8.55. The van der Waals surface area contributed by atoms with E-state index in [1.54, 1.807) is 18.2 Å². The van der Waals surface area contributed by atoms with Crippen molar-refractivity contribution >= 4 is 23.9 Å². The number of fused-ring (bicyclic) bond motifs is 5. The molecular formula is C21H21ClF6N6O2. The van der Waals surface area contributed by atoms with Crippen LogP contribution in [0.1, 0.15) is 55.3 Å². The number of hydrogen-bond acceptors (Lipinski definition) is 8. The summed E-state index contributed by atoms with van der Waals surface area (Å²) in [5.74, 6) is -2.43. The minimum Gasteiger partial charge on any atom is -0.416 e. The molecule has 36 heavy (non-hydrogen) atoms. The highest BCUT2D eigenvalue weighted by molar-refractivity contribution is 5.85. The predicted octanol–water partition coefficient (Wildman–Crippen LogP) is 5.42. The lowest BCUT2D eigenvalue weighted by Gasteiger charge is -2.27. The van der Waals surface area contributed by atoms with Crippen molar-refractivity contribution < 1.29 is 35.9 Å². The second-order valence-electron chi connectivity index (χ2n) is 8.14. The Morgan fingerprint density at radius 1 is 1.08 bits per heavy atom. The van der Waals surface area contributed by atoms with E-state index in [2.05, 4.69) is 25.5 Å². The number of aromatic nitrogens is 4. The average molecular weight is 539 g/mol. The molecule has 4 N–H and O–H groups in total. The molecule has 1 aliphatic rings. The molecule has 0 aromatic carbocycles. The summed E-state index contributed by atoms with van der Waals surface area (Å²) < 4.78 is 87.8. The van der Waals surface area contributed by atoms with Crippen molar-refractivity contribution in [2.45, 2.75) is 56.1 Å². The highest BCUT2D eigenvalue weighted by atomic mass is 35.5. The van der Waals surface area contributed by atoms with Crippen LogP contribution in [0.5, 0.6) is 0 Å². The zero-order valence-electron chi connectivity index (χ0n) is 18.4. The number of hydrogen-bond donors (Lipinski definition) is 3. The van der Waals surface area contributed by atoms with Gasteiger partial charge in [0.15, 0.2) is 5.69 Å². The molecule has 0 spiro atoms. The monoisotopic (exact) mass is 538 g/mol. The molecule has 0 saturated heterocycles. The molecule has 3 aromatic rings. The fraction of sp³-hybridized carbons (Fsp3) is 0.429. The van der Waals surface area contributed by atoms with Crippen molar-refractivity contribution in [1.82, 2.24) is 20.2 Å². The van der Waals surface area contributed by atoms with Crippen LogP contribution in [0, 0.1) is 0 Å². The zero-order chi connectivity index (χ0) is 25.4. The van der Waals surface area contributed by atoms with Crippen LogP contribution in [0.15, 0.2) is 34.9 Å². The molecule has 2 atom stereocenters. The van der Waals surface area contributed by atoms with E-state index in [-0.39, 0.29) is 31.7 Å². The molecule has 15 heteroatoms. The van der Waals surface area contributed by atoms with Gasteiger partial charge in [-0.3, -0.25) is 4.98 Å². The first-order valence-corrected chi connectivity index (χ1v) is 10.6. The highest BCUT2D eigenvalue weighted by Crippen LogP contribution is 2.44. The number of nitrogen functional groups attached to an aromatic ring is 1. The maximum absolute atomic E-state index is 13.8. The molecule has 1 unspecified atom stereocenters. The van der Waals surface area contributed by atoms with Crippen LogP contribution in [0.2, 0.25) is 0 Å². The van der Waals surface area contributed by atoms with E-state index in [1.807, 2.05) is 0 Å². The number of aliphatic hydroxyl groups is 1. The lowest BCUT2D eigenvalue weighted by molar-refractivity contribution is -0.277. The Hall–Kier alpha value is -3.13. The van der Waals surface area contributed by atoms with E-state index in [0.29, 0.717) is 18.2 Å². The minimum absolute atomic E-state index is 0. The van der Waals surface area contributed by atoms with Crippen molar-refractivity contribution in [3.8, 4) is 11.6 Å². The lowest BCUT2D eigenvalue weighted by atomic mass is 9.94. The predicted molar refractivity (Wildman–Crippen MR) is 118 cm³/mol. The third kappa shape index (κ3) is 5.33. The van der Waals surface area contributed by atoms with Crippen molar-refractivity contribution in [3.63, 3.8) is 0 Å². The molecule has 4 heterocycles. The number of nitrogens with zero attached hydrogens (tertiary/aromatic N) is 4. The van der Waals surface area contributed by atoms with Gasteiger partial charge in [-0.1, -0.05) is 18.9 Å². The summed E-state index contributed by atoms with van der Waals surface area (Å²) in [6.45, 7) is 0. The fourth-order valence-corrected chi connectivity index (χ4v) is 3.83. The van der Waals surface area contributed by atoms with Gasteiger partial charge in [0, 0.05) is 6.20 Å². The molecule has 4 rings (SSSR count). The Morgan fingerprint density at radius 3 is 2.47 bits per heavy atom. The number of rotatable bonds is 1. The first-order valence-electron chi connectivity index (χ1n) is 10.6. The minimum atomic E-state index is -5.14. The van der Waals surface area contributed by atoms with Gasteiger partial charge >= 0.3 is 12.4 Å². The molecule has 0 aliphatic carbocycles. The van der Waals surface area contributed by atoms with Crippen LogP contribution in [-0.4, -0.2) is 31.4 Å². The van der Waals surface area contributed by atoms with Crippen LogP contribution < -0.4 is 11.1 Å².